The van der Waals surface area contributed by atoms with E-state index in [2.05, 4.69) is 5.32 Å². The summed E-state index contributed by atoms with van der Waals surface area (Å²) in [6.07, 6.45) is -1.11. The van der Waals surface area contributed by atoms with Crippen LogP contribution in [0.1, 0.15) is 31.2 Å². The van der Waals surface area contributed by atoms with E-state index in [0.717, 1.165) is 31.7 Å². The standard InChI is InChI=1S/C15H17F3N2O/c1-20-9-14(7-2-3-8-14)13(21)19-12-10(15(16,17)18)5-4-6-11(12)20/h4-6H,2-3,7-9H2,1H3,(H,19,21). The number of carbonyl (C=O) groups is 1. The molecule has 1 aliphatic heterocycles. The van der Waals surface area contributed by atoms with Crippen LogP contribution in [0.25, 0.3) is 0 Å². The second kappa shape index (κ2) is 4.64. The topological polar surface area (TPSA) is 32.3 Å². The number of rotatable bonds is 0. The Morgan fingerprint density at radius 3 is 2.52 bits per heavy atom. The van der Waals surface area contributed by atoms with Crippen LogP contribution in [0.5, 0.6) is 0 Å². The van der Waals surface area contributed by atoms with Crippen molar-refractivity contribution in [3.8, 4) is 0 Å². The minimum Gasteiger partial charge on any atom is -0.372 e. The fourth-order valence-corrected chi connectivity index (χ4v) is 3.52. The molecule has 0 atom stereocenters. The quantitative estimate of drug-likeness (QED) is 0.793. The fourth-order valence-electron chi connectivity index (χ4n) is 3.52. The minimum absolute atomic E-state index is 0.110. The lowest BCUT2D eigenvalue weighted by Gasteiger charge is -2.29. The SMILES string of the molecule is CN1CC2(CCCC2)C(=O)Nc2c1cccc2C(F)(F)F. The number of alkyl halides is 3. The van der Waals surface area contributed by atoms with Gasteiger partial charge in [0.05, 0.1) is 22.4 Å². The Morgan fingerprint density at radius 2 is 1.90 bits per heavy atom. The molecule has 1 aromatic rings. The maximum Gasteiger partial charge on any atom is 0.418 e. The fraction of sp³-hybridized carbons (Fsp3) is 0.533. The van der Waals surface area contributed by atoms with Crippen LogP contribution in [0.4, 0.5) is 24.5 Å². The number of hydrogen-bond acceptors (Lipinski definition) is 2. The zero-order valence-corrected chi connectivity index (χ0v) is 11.8. The molecule has 2 aliphatic rings. The Balaban J connectivity index is 2.10. The Hall–Kier alpha value is -1.72. The predicted octanol–water partition coefficient (Wildman–Crippen LogP) is 3.65. The van der Waals surface area contributed by atoms with E-state index in [1.165, 1.54) is 6.07 Å². The van der Waals surface area contributed by atoms with Crippen molar-refractivity contribution in [3.63, 3.8) is 0 Å². The molecule has 6 heteroatoms. The van der Waals surface area contributed by atoms with E-state index in [1.54, 1.807) is 18.0 Å². The summed E-state index contributed by atoms with van der Waals surface area (Å²) in [4.78, 5) is 14.3. The predicted molar refractivity (Wildman–Crippen MR) is 74.2 cm³/mol. The van der Waals surface area contributed by atoms with E-state index in [-0.39, 0.29) is 11.6 Å². The van der Waals surface area contributed by atoms with Gasteiger partial charge >= 0.3 is 6.18 Å². The molecule has 3 rings (SSSR count). The molecule has 1 fully saturated rings. The van der Waals surface area contributed by atoms with Gasteiger partial charge in [0.15, 0.2) is 0 Å². The maximum atomic E-state index is 13.2. The largest absolute Gasteiger partial charge is 0.418 e. The normalized spacial score (nSPS) is 21.1. The summed E-state index contributed by atoms with van der Waals surface area (Å²) in [5.74, 6) is -0.276. The monoisotopic (exact) mass is 298 g/mol. The number of hydrogen-bond donors (Lipinski definition) is 1. The number of para-hydroxylation sites is 1. The van der Waals surface area contributed by atoms with Gasteiger partial charge in [0.25, 0.3) is 0 Å². The van der Waals surface area contributed by atoms with E-state index in [9.17, 15) is 18.0 Å². The van der Waals surface area contributed by atoms with Gasteiger partial charge in [-0.25, -0.2) is 0 Å². The first-order chi connectivity index (χ1) is 9.83. The highest BCUT2D eigenvalue weighted by Crippen LogP contribution is 2.47. The van der Waals surface area contributed by atoms with Crippen molar-refractivity contribution >= 4 is 17.3 Å². The lowest BCUT2D eigenvalue weighted by molar-refractivity contribution is -0.137. The first-order valence-electron chi connectivity index (χ1n) is 7.06. The molecule has 1 amide bonds. The molecule has 1 N–H and O–H groups in total. The molecule has 0 aromatic heterocycles. The summed E-state index contributed by atoms with van der Waals surface area (Å²) >= 11 is 0. The van der Waals surface area contributed by atoms with Crippen LogP contribution in [0.2, 0.25) is 0 Å². The van der Waals surface area contributed by atoms with Crippen molar-refractivity contribution in [1.29, 1.82) is 0 Å². The van der Waals surface area contributed by atoms with Gasteiger partial charge in [0.1, 0.15) is 0 Å². The zero-order valence-electron chi connectivity index (χ0n) is 11.8. The number of nitrogens with one attached hydrogen (secondary N) is 1. The molecule has 0 radical (unpaired) electrons. The van der Waals surface area contributed by atoms with Gasteiger partial charge in [-0.1, -0.05) is 18.9 Å². The first kappa shape index (κ1) is 14.2. The van der Waals surface area contributed by atoms with Crippen LogP contribution in [-0.4, -0.2) is 19.5 Å². The first-order valence-corrected chi connectivity index (χ1v) is 7.06. The summed E-state index contributed by atoms with van der Waals surface area (Å²) in [6.45, 7) is 0.465. The van der Waals surface area contributed by atoms with Crippen molar-refractivity contribution in [2.45, 2.75) is 31.9 Å². The summed E-state index contributed by atoms with van der Waals surface area (Å²) < 4.78 is 39.5. The molecule has 1 saturated carbocycles. The highest BCUT2D eigenvalue weighted by molar-refractivity contribution is 6.01. The lowest BCUT2D eigenvalue weighted by atomic mass is 9.85. The average Bonchev–Trinajstić information content (AvgIpc) is 2.83. The van der Waals surface area contributed by atoms with Crippen LogP contribution in [0.15, 0.2) is 18.2 Å². The molecular weight excluding hydrogens is 281 g/mol. The molecule has 1 spiro atoms. The second-order valence-electron chi connectivity index (χ2n) is 6.00. The van der Waals surface area contributed by atoms with Crippen LogP contribution in [-0.2, 0) is 11.0 Å². The van der Waals surface area contributed by atoms with Crippen LogP contribution in [0, 0.1) is 5.41 Å². The van der Waals surface area contributed by atoms with E-state index < -0.39 is 17.2 Å². The summed E-state index contributed by atoms with van der Waals surface area (Å²) in [5.41, 5.74) is -1.02. The average molecular weight is 298 g/mol. The van der Waals surface area contributed by atoms with Crippen molar-refractivity contribution < 1.29 is 18.0 Å². The minimum atomic E-state index is -4.48. The summed E-state index contributed by atoms with van der Waals surface area (Å²) in [5, 5.41) is 2.56. The van der Waals surface area contributed by atoms with Crippen molar-refractivity contribution in [2.75, 3.05) is 23.8 Å². The van der Waals surface area contributed by atoms with Gasteiger partial charge in [0, 0.05) is 13.6 Å². The lowest BCUT2D eigenvalue weighted by Crippen LogP contribution is -2.40. The summed E-state index contributed by atoms with van der Waals surface area (Å²) in [6, 6.07) is 4.02. The third-order valence-corrected chi connectivity index (χ3v) is 4.58. The molecule has 1 aliphatic carbocycles. The van der Waals surface area contributed by atoms with Gasteiger partial charge in [-0.05, 0) is 25.0 Å². The van der Waals surface area contributed by atoms with Gasteiger partial charge in [-0.2, -0.15) is 13.2 Å². The number of carbonyl (C=O) groups excluding carboxylic acids is 1. The van der Waals surface area contributed by atoms with Gasteiger partial charge < -0.3 is 10.2 Å². The number of benzene rings is 1. The number of anilines is 2. The molecule has 3 nitrogen and oxygen atoms in total. The smallest absolute Gasteiger partial charge is 0.372 e. The van der Waals surface area contributed by atoms with E-state index in [1.807, 2.05) is 0 Å². The molecule has 114 valence electrons. The highest BCUT2D eigenvalue weighted by Gasteiger charge is 2.46. The second-order valence-corrected chi connectivity index (χ2v) is 6.00. The van der Waals surface area contributed by atoms with Gasteiger partial charge in [-0.3, -0.25) is 4.79 Å². The molecule has 1 aromatic carbocycles. The molecule has 0 unspecified atom stereocenters. The Kier molecular flexibility index (Phi) is 3.15. The number of nitrogens with zero attached hydrogens (tertiary/aromatic N) is 1. The number of fused-ring (bicyclic) bond motifs is 1. The molecule has 0 saturated heterocycles. The molecule has 0 bridgehead atoms. The third kappa shape index (κ3) is 2.26. The Morgan fingerprint density at radius 1 is 1.24 bits per heavy atom. The van der Waals surface area contributed by atoms with Crippen LogP contribution >= 0.6 is 0 Å². The van der Waals surface area contributed by atoms with Crippen molar-refractivity contribution in [2.24, 2.45) is 5.41 Å². The van der Waals surface area contributed by atoms with E-state index in [4.69, 9.17) is 0 Å². The van der Waals surface area contributed by atoms with Crippen LogP contribution < -0.4 is 10.2 Å². The van der Waals surface area contributed by atoms with E-state index >= 15 is 0 Å². The molecule has 1 heterocycles. The van der Waals surface area contributed by atoms with E-state index in [0.29, 0.717) is 12.2 Å². The molecule has 21 heavy (non-hydrogen) atoms. The maximum absolute atomic E-state index is 13.2. The number of halogens is 3. The molecular formula is C15H17F3N2O. The van der Waals surface area contributed by atoms with Crippen molar-refractivity contribution in [1.82, 2.24) is 0 Å². The Bertz CT molecular complexity index is 577. The van der Waals surface area contributed by atoms with Gasteiger partial charge in [-0.15, -0.1) is 0 Å². The zero-order chi connectivity index (χ0) is 15.3. The highest BCUT2D eigenvalue weighted by atomic mass is 19.4. The third-order valence-electron chi connectivity index (χ3n) is 4.58. The Labute approximate surface area is 121 Å². The van der Waals surface area contributed by atoms with Gasteiger partial charge in [0.2, 0.25) is 5.91 Å². The van der Waals surface area contributed by atoms with Crippen LogP contribution in [0.3, 0.4) is 0 Å². The summed E-state index contributed by atoms with van der Waals surface area (Å²) in [7, 11) is 1.75. The van der Waals surface area contributed by atoms with Crippen molar-refractivity contribution in [3.05, 3.63) is 23.8 Å². The number of amides is 1.